The third-order valence-corrected chi connectivity index (χ3v) is 4.59. The summed E-state index contributed by atoms with van der Waals surface area (Å²) in [6, 6.07) is 1.03. The summed E-state index contributed by atoms with van der Waals surface area (Å²) in [7, 11) is 0. The van der Waals surface area contributed by atoms with Crippen LogP contribution in [0.2, 0.25) is 0 Å². The predicted molar refractivity (Wildman–Crippen MR) is 83.8 cm³/mol. The van der Waals surface area contributed by atoms with Crippen molar-refractivity contribution in [3.63, 3.8) is 0 Å². The van der Waals surface area contributed by atoms with Gasteiger partial charge in [-0.05, 0) is 49.9 Å². The Morgan fingerprint density at radius 3 is 2.10 bits per heavy atom. The lowest BCUT2D eigenvalue weighted by atomic mass is 9.80. The van der Waals surface area contributed by atoms with Gasteiger partial charge in [0.05, 0.1) is 5.92 Å². The number of nitrogens with one attached hydrogen (secondary N) is 1. The maximum absolute atomic E-state index is 11.0. The molecule has 3 nitrogen and oxygen atoms in total. The van der Waals surface area contributed by atoms with Crippen LogP contribution in [0.5, 0.6) is 0 Å². The van der Waals surface area contributed by atoms with Gasteiger partial charge in [0.2, 0.25) is 0 Å². The van der Waals surface area contributed by atoms with E-state index in [1.165, 1.54) is 12.8 Å². The van der Waals surface area contributed by atoms with Gasteiger partial charge in [0.25, 0.3) is 0 Å². The first-order valence-electron chi connectivity index (χ1n) is 8.19. The van der Waals surface area contributed by atoms with Crippen molar-refractivity contribution in [2.75, 3.05) is 0 Å². The predicted octanol–water partition coefficient (Wildman–Crippen LogP) is 4.07. The van der Waals surface area contributed by atoms with Gasteiger partial charge in [-0.25, -0.2) is 0 Å². The molecule has 0 bridgehead atoms. The summed E-state index contributed by atoms with van der Waals surface area (Å²) in [4.78, 5) is 11.0. The molecule has 2 N–H and O–H groups in total. The second kappa shape index (κ2) is 7.44. The van der Waals surface area contributed by atoms with Gasteiger partial charge in [0.15, 0.2) is 0 Å². The molecule has 0 aromatic heterocycles. The first-order chi connectivity index (χ1) is 9.20. The Morgan fingerprint density at radius 2 is 1.70 bits per heavy atom. The Kier molecular flexibility index (Phi) is 6.50. The van der Waals surface area contributed by atoms with Crippen LogP contribution in [0.25, 0.3) is 0 Å². The van der Waals surface area contributed by atoms with Crippen molar-refractivity contribution in [2.45, 2.75) is 85.2 Å². The lowest BCUT2D eigenvalue weighted by Crippen LogP contribution is -2.47. The summed E-state index contributed by atoms with van der Waals surface area (Å²) in [5.41, 5.74) is 0.262. The number of hydrogen-bond donors (Lipinski definition) is 2. The van der Waals surface area contributed by atoms with Crippen molar-refractivity contribution in [1.29, 1.82) is 0 Å². The van der Waals surface area contributed by atoms with Crippen LogP contribution in [0.3, 0.4) is 0 Å². The molecule has 0 saturated heterocycles. The zero-order valence-electron chi connectivity index (χ0n) is 13.9. The highest BCUT2D eigenvalue weighted by atomic mass is 16.4. The van der Waals surface area contributed by atoms with E-state index in [1.807, 2.05) is 0 Å². The summed E-state index contributed by atoms with van der Waals surface area (Å²) < 4.78 is 0. The van der Waals surface area contributed by atoms with E-state index < -0.39 is 5.97 Å². The zero-order valence-corrected chi connectivity index (χ0v) is 13.9. The standard InChI is InChI=1S/C17H33NO2/c1-12(2)6-11-15(17(3,4)5)18-14-9-7-13(8-10-14)16(19)20/h12-15,18H,6-11H2,1-5H3,(H,19,20). The van der Waals surface area contributed by atoms with Crippen molar-refractivity contribution in [1.82, 2.24) is 5.32 Å². The van der Waals surface area contributed by atoms with E-state index in [9.17, 15) is 4.79 Å². The maximum atomic E-state index is 11.0. The molecule has 1 rings (SSSR count). The quantitative estimate of drug-likeness (QED) is 0.772. The molecule has 0 aliphatic heterocycles. The highest BCUT2D eigenvalue weighted by Gasteiger charge is 2.30. The minimum atomic E-state index is -0.615. The molecule has 0 spiro atoms. The van der Waals surface area contributed by atoms with Crippen LogP contribution in [-0.4, -0.2) is 23.2 Å². The molecule has 1 unspecified atom stereocenters. The number of aliphatic carboxylic acids is 1. The van der Waals surface area contributed by atoms with Crippen LogP contribution in [0.1, 0.15) is 73.1 Å². The van der Waals surface area contributed by atoms with Crippen molar-refractivity contribution >= 4 is 5.97 Å². The molecular formula is C17H33NO2. The van der Waals surface area contributed by atoms with Gasteiger partial charge in [-0.3, -0.25) is 4.79 Å². The molecule has 20 heavy (non-hydrogen) atoms. The molecule has 118 valence electrons. The van der Waals surface area contributed by atoms with Crippen molar-refractivity contribution in [3.8, 4) is 0 Å². The third kappa shape index (κ3) is 5.82. The van der Waals surface area contributed by atoms with E-state index in [2.05, 4.69) is 39.9 Å². The van der Waals surface area contributed by atoms with Crippen molar-refractivity contribution < 1.29 is 9.90 Å². The molecule has 0 radical (unpaired) electrons. The molecule has 0 aromatic rings. The Bertz CT molecular complexity index is 299. The summed E-state index contributed by atoms with van der Waals surface area (Å²) in [6.07, 6.45) is 6.12. The Hall–Kier alpha value is -0.570. The van der Waals surface area contributed by atoms with Gasteiger partial charge in [-0.15, -0.1) is 0 Å². The van der Waals surface area contributed by atoms with Crippen LogP contribution in [0.4, 0.5) is 0 Å². The van der Waals surface area contributed by atoms with E-state index in [-0.39, 0.29) is 11.3 Å². The molecule has 0 heterocycles. The largest absolute Gasteiger partial charge is 0.481 e. The van der Waals surface area contributed by atoms with Crippen molar-refractivity contribution in [2.24, 2.45) is 17.3 Å². The van der Waals surface area contributed by atoms with Crippen LogP contribution >= 0.6 is 0 Å². The molecule has 3 heteroatoms. The average molecular weight is 283 g/mol. The molecule has 0 aromatic carbocycles. The first kappa shape index (κ1) is 17.5. The van der Waals surface area contributed by atoms with Gasteiger partial charge >= 0.3 is 5.97 Å². The normalized spacial score (nSPS) is 25.7. The molecule has 1 atom stereocenters. The van der Waals surface area contributed by atoms with Gasteiger partial charge in [0.1, 0.15) is 0 Å². The third-order valence-electron chi connectivity index (χ3n) is 4.59. The van der Waals surface area contributed by atoms with Crippen LogP contribution < -0.4 is 5.32 Å². The van der Waals surface area contributed by atoms with Gasteiger partial charge in [-0.1, -0.05) is 34.6 Å². The fourth-order valence-electron chi connectivity index (χ4n) is 3.06. The highest BCUT2D eigenvalue weighted by Crippen LogP contribution is 2.29. The topological polar surface area (TPSA) is 49.3 Å². The van der Waals surface area contributed by atoms with Crippen molar-refractivity contribution in [3.05, 3.63) is 0 Å². The maximum Gasteiger partial charge on any atom is 0.306 e. The SMILES string of the molecule is CC(C)CCC(NC1CCC(C(=O)O)CC1)C(C)(C)C. The second-order valence-corrected chi connectivity index (χ2v) is 7.94. The fraction of sp³-hybridized carbons (Fsp3) is 0.941. The summed E-state index contributed by atoms with van der Waals surface area (Å²) in [6.45, 7) is 11.4. The van der Waals surface area contributed by atoms with Gasteiger partial charge in [-0.2, -0.15) is 0 Å². The number of carboxylic acid groups (broad SMARTS) is 1. The molecule has 1 aliphatic carbocycles. The Labute approximate surface area is 124 Å². The average Bonchev–Trinajstić information content (AvgIpc) is 2.33. The summed E-state index contributed by atoms with van der Waals surface area (Å²) in [5, 5.41) is 12.9. The first-order valence-corrected chi connectivity index (χ1v) is 8.19. The van der Waals surface area contributed by atoms with Crippen LogP contribution in [-0.2, 0) is 4.79 Å². The zero-order chi connectivity index (χ0) is 15.3. The van der Waals surface area contributed by atoms with E-state index in [0.29, 0.717) is 12.1 Å². The Morgan fingerprint density at radius 1 is 1.15 bits per heavy atom. The Balaban J connectivity index is 2.48. The molecule has 1 saturated carbocycles. The summed E-state index contributed by atoms with van der Waals surface area (Å²) in [5.74, 6) is 0.0110. The minimum absolute atomic E-state index is 0.114. The minimum Gasteiger partial charge on any atom is -0.481 e. The van der Waals surface area contributed by atoms with E-state index in [4.69, 9.17) is 5.11 Å². The van der Waals surface area contributed by atoms with E-state index >= 15 is 0 Å². The van der Waals surface area contributed by atoms with E-state index in [0.717, 1.165) is 31.6 Å². The van der Waals surface area contributed by atoms with Gasteiger partial charge < -0.3 is 10.4 Å². The van der Waals surface area contributed by atoms with Crippen LogP contribution in [0.15, 0.2) is 0 Å². The number of hydrogen-bond acceptors (Lipinski definition) is 2. The fourth-order valence-corrected chi connectivity index (χ4v) is 3.06. The lowest BCUT2D eigenvalue weighted by Gasteiger charge is -2.37. The summed E-state index contributed by atoms with van der Waals surface area (Å²) >= 11 is 0. The molecule has 1 fully saturated rings. The highest BCUT2D eigenvalue weighted by molar-refractivity contribution is 5.70. The number of carboxylic acids is 1. The smallest absolute Gasteiger partial charge is 0.306 e. The molecule has 0 amide bonds. The molecular weight excluding hydrogens is 250 g/mol. The van der Waals surface area contributed by atoms with Crippen LogP contribution in [0, 0.1) is 17.3 Å². The number of rotatable bonds is 6. The second-order valence-electron chi connectivity index (χ2n) is 7.94. The molecule has 1 aliphatic rings. The van der Waals surface area contributed by atoms with E-state index in [1.54, 1.807) is 0 Å². The monoisotopic (exact) mass is 283 g/mol. The lowest BCUT2D eigenvalue weighted by molar-refractivity contribution is -0.142. The number of carbonyl (C=O) groups is 1. The van der Waals surface area contributed by atoms with Gasteiger partial charge in [0, 0.05) is 12.1 Å².